The minimum absolute atomic E-state index is 0.0911. The van der Waals surface area contributed by atoms with Gasteiger partial charge in [-0.25, -0.2) is 0 Å². The highest BCUT2D eigenvalue weighted by atomic mass is 16.5. The number of aromatic nitrogens is 4. The zero-order valence-corrected chi connectivity index (χ0v) is 15.7. The summed E-state index contributed by atoms with van der Waals surface area (Å²) in [6.45, 7) is 4.64. The molecule has 0 fully saturated rings. The van der Waals surface area contributed by atoms with Crippen molar-refractivity contribution in [1.82, 2.24) is 25.5 Å². The van der Waals surface area contributed by atoms with Gasteiger partial charge in [0.25, 0.3) is 5.91 Å². The average Bonchev–Trinajstić information content (AvgIpc) is 3.37. The van der Waals surface area contributed by atoms with Crippen molar-refractivity contribution in [1.29, 1.82) is 0 Å². The molecule has 0 radical (unpaired) electrons. The summed E-state index contributed by atoms with van der Waals surface area (Å²) in [6.07, 6.45) is 3.26. The van der Waals surface area contributed by atoms with Crippen molar-refractivity contribution >= 4 is 16.8 Å². The van der Waals surface area contributed by atoms with Crippen LogP contribution in [0.1, 0.15) is 24.2 Å². The molecule has 0 spiro atoms. The van der Waals surface area contributed by atoms with E-state index in [1.54, 1.807) is 29.3 Å². The lowest BCUT2D eigenvalue weighted by molar-refractivity contribution is 0.0918. The van der Waals surface area contributed by atoms with Crippen LogP contribution < -0.4 is 5.32 Å². The highest BCUT2D eigenvalue weighted by Crippen LogP contribution is 2.29. The minimum atomic E-state index is -0.145. The fraction of sp³-hybridized carbons (Fsp3) is 0.238. The Kier molecular flexibility index (Phi) is 4.89. The molecule has 1 amide bonds. The van der Waals surface area contributed by atoms with Crippen LogP contribution in [-0.2, 0) is 6.54 Å². The minimum Gasteiger partial charge on any atom is -0.355 e. The molecule has 0 bridgehead atoms. The van der Waals surface area contributed by atoms with Crippen LogP contribution in [0.3, 0.4) is 0 Å². The van der Waals surface area contributed by atoms with E-state index in [9.17, 15) is 4.79 Å². The van der Waals surface area contributed by atoms with E-state index < -0.39 is 0 Å². The predicted octanol–water partition coefficient (Wildman–Crippen LogP) is 3.54. The van der Waals surface area contributed by atoms with Crippen LogP contribution in [0.15, 0.2) is 65.4 Å². The quantitative estimate of drug-likeness (QED) is 0.557. The number of carbonyl (C=O) groups is 1. The van der Waals surface area contributed by atoms with Crippen molar-refractivity contribution in [3.05, 3.63) is 66.5 Å². The lowest BCUT2D eigenvalue weighted by atomic mass is 10.0. The maximum Gasteiger partial charge on any atom is 0.251 e. The van der Waals surface area contributed by atoms with Gasteiger partial charge in [0.1, 0.15) is 5.52 Å². The maximum atomic E-state index is 12.9. The lowest BCUT2D eigenvalue weighted by Gasteiger charge is -2.21. The Hall–Kier alpha value is -3.48. The van der Waals surface area contributed by atoms with Gasteiger partial charge in [-0.3, -0.25) is 4.79 Å². The van der Waals surface area contributed by atoms with Gasteiger partial charge in [-0.1, -0.05) is 49.3 Å². The van der Waals surface area contributed by atoms with E-state index in [4.69, 9.17) is 4.52 Å². The molecule has 7 nitrogen and oxygen atoms in total. The number of nitrogens with one attached hydrogen (secondary N) is 1. The predicted molar refractivity (Wildman–Crippen MR) is 106 cm³/mol. The van der Waals surface area contributed by atoms with Crippen LogP contribution in [0.2, 0.25) is 0 Å². The largest absolute Gasteiger partial charge is 0.355 e. The molecular formula is C21H21N5O2. The second-order valence-electron chi connectivity index (χ2n) is 7.02. The molecule has 0 saturated heterocycles. The fourth-order valence-electron chi connectivity index (χ4n) is 3.07. The molecule has 142 valence electrons. The molecule has 7 heteroatoms. The average molecular weight is 375 g/mol. The summed E-state index contributed by atoms with van der Waals surface area (Å²) >= 11 is 0. The molecule has 0 aliphatic rings. The summed E-state index contributed by atoms with van der Waals surface area (Å²) in [7, 11) is 0. The normalized spacial score (nSPS) is 12.4. The SMILES string of the molecule is CC(C)C(Cn1nccn1)NC(=O)c1ccc2noc(-c3ccccc3)c2c1. The highest BCUT2D eigenvalue weighted by Gasteiger charge is 2.20. The van der Waals surface area contributed by atoms with Gasteiger partial charge in [-0.15, -0.1) is 0 Å². The van der Waals surface area contributed by atoms with Crippen LogP contribution in [-0.4, -0.2) is 32.1 Å². The van der Waals surface area contributed by atoms with Crippen LogP contribution in [0, 0.1) is 5.92 Å². The van der Waals surface area contributed by atoms with Crippen LogP contribution in [0.5, 0.6) is 0 Å². The molecule has 2 aromatic carbocycles. The molecule has 2 heterocycles. The second kappa shape index (κ2) is 7.64. The van der Waals surface area contributed by atoms with Gasteiger partial charge in [-0.05, 0) is 24.1 Å². The Bertz CT molecular complexity index is 1070. The second-order valence-corrected chi connectivity index (χ2v) is 7.02. The first-order valence-electron chi connectivity index (χ1n) is 9.21. The van der Waals surface area contributed by atoms with Gasteiger partial charge >= 0.3 is 0 Å². The van der Waals surface area contributed by atoms with E-state index in [-0.39, 0.29) is 17.9 Å². The zero-order chi connectivity index (χ0) is 19.5. The molecule has 2 aromatic heterocycles. The lowest BCUT2D eigenvalue weighted by Crippen LogP contribution is -2.42. The molecule has 1 unspecified atom stereocenters. The highest BCUT2D eigenvalue weighted by molar-refractivity contribution is 6.01. The third kappa shape index (κ3) is 3.64. The van der Waals surface area contributed by atoms with Crippen molar-refractivity contribution in [3.63, 3.8) is 0 Å². The smallest absolute Gasteiger partial charge is 0.251 e. The molecule has 4 aromatic rings. The summed E-state index contributed by atoms with van der Waals surface area (Å²) in [5.41, 5.74) is 2.20. The van der Waals surface area contributed by atoms with Crippen molar-refractivity contribution in [2.45, 2.75) is 26.4 Å². The van der Waals surface area contributed by atoms with Gasteiger partial charge in [0.2, 0.25) is 0 Å². The van der Waals surface area contributed by atoms with Gasteiger partial charge in [-0.2, -0.15) is 15.0 Å². The van der Waals surface area contributed by atoms with E-state index in [0.717, 1.165) is 16.5 Å². The Morgan fingerprint density at radius 1 is 1.11 bits per heavy atom. The summed E-state index contributed by atoms with van der Waals surface area (Å²) in [6, 6.07) is 15.0. The maximum absolute atomic E-state index is 12.9. The summed E-state index contributed by atoms with van der Waals surface area (Å²) in [5.74, 6) is 0.744. The fourth-order valence-corrected chi connectivity index (χ4v) is 3.07. The Morgan fingerprint density at radius 3 is 2.57 bits per heavy atom. The number of fused-ring (bicyclic) bond motifs is 1. The van der Waals surface area contributed by atoms with Crippen molar-refractivity contribution in [2.24, 2.45) is 5.92 Å². The van der Waals surface area contributed by atoms with Crippen LogP contribution in [0.25, 0.3) is 22.2 Å². The topological polar surface area (TPSA) is 85.8 Å². The number of benzene rings is 2. The monoisotopic (exact) mass is 375 g/mol. The third-order valence-electron chi connectivity index (χ3n) is 4.72. The number of carbonyl (C=O) groups excluding carboxylic acids is 1. The van der Waals surface area contributed by atoms with E-state index in [0.29, 0.717) is 17.9 Å². The Morgan fingerprint density at radius 2 is 1.86 bits per heavy atom. The molecule has 0 saturated carbocycles. The number of hydrogen-bond donors (Lipinski definition) is 1. The van der Waals surface area contributed by atoms with Crippen LogP contribution >= 0.6 is 0 Å². The van der Waals surface area contributed by atoms with Crippen LogP contribution in [0.4, 0.5) is 0 Å². The van der Waals surface area contributed by atoms with E-state index in [1.807, 2.05) is 36.4 Å². The van der Waals surface area contributed by atoms with Crippen molar-refractivity contribution in [3.8, 4) is 11.3 Å². The molecule has 28 heavy (non-hydrogen) atoms. The number of rotatable bonds is 6. The molecule has 0 aliphatic heterocycles. The van der Waals surface area contributed by atoms with Gasteiger partial charge in [0, 0.05) is 11.1 Å². The summed E-state index contributed by atoms with van der Waals surface area (Å²) < 4.78 is 5.52. The molecule has 1 atom stereocenters. The number of nitrogens with zero attached hydrogens (tertiary/aromatic N) is 4. The van der Waals surface area contributed by atoms with Gasteiger partial charge in [0.05, 0.1) is 30.4 Å². The van der Waals surface area contributed by atoms with E-state index in [2.05, 4.69) is 34.5 Å². The van der Waals surface area contributed by atoms with Gasteiger partial charge < -0.3 is 9.84 Å². The zero-order valence-electron chi connectivity index (χ0n) is 15.7. The molecule has 4 rings (SSSR count). The Balaban J connectivity index is 1.60. The van der Waals surface area contributed by atoms with Crippen molar-refractivity contribution in [2.75, 3.05) is 0 Å². The first-order chi connectivity index (χ1) is 13.6. The standard InChI is InChI=1S/C21H21N5O2/c1-14(2)19(13-26-22-10-11-23-26)24-21(27)16-8-9-18-17(12-16)20(28-25-18)15-6-4-3-5-7-15/h3-12,14,19H,13H2,1-2H3,(H,24,27). The Labute approximate surface area is 162 Å². The first kappa shape index (κ1) is 17.9. The molecular weight excluding hydrogens is 354 g/mol. The summed E-state index contributed by atoms with van der Waals surface area (Å²) in [4.78, 5) is 14.5. The van der Waals surface area contributed by atoms with Gasteiger partial charge in [0.15, 0.2) is 5.76 Å². The number of hydrogen-bond acceptors (Lipinski definition) is 5. The third-order valence-corrected chi connectivity index (χ3v) is 4.72. The molecule has 1 N–H and O–H groups in total. The molecule has 0 aliphatic carbocycles. The van der Waals surface area contributed by atoms with Crippen molar-refractivity contribution < 1.29 is 9.32 Å². The van der Waals surface area contributed by atoms with E-state index in [1.165, 1.54) is 0 Å². The number of amides is 1. The summed E-state index contributed by atoms with van der Waals surface area (Å²) in [5, 5.41) is 16.3. The first-order valence-corrected chi connectivity index (χ1v) is 9.21. The van der Waals surface area contributed by atoms with E-state index >= 15 is 0 Å².